The summed E-state index contributed by atoms with van der Waals surface area (Å²) in [6.45, 7) is 3.48. The van der Waals surface area contributed by atoms with Crippen LogP contribution in [-0.2, 0) is 4.74 Å². The molecule has 1 aromatic heterocycles. The zero-order valence-electron chi connectivity index (χ0n) is 11.8. The van der Waals surface area contributed by atoms with Gasteiger partial charge in [0.15, 0.2) is 0 Å². The smallest absolute Gasteiger partial charge is 0.131 e. The van der Waals surface area contributed by atoms with E-state index < -0.39 is 0 Å². The average molecular weight is 272 g/mol. The lowest BCUT2D eigenvalue weighted by molar-refractivity contribution is 0.210. The Morgan fingerprint density at radius 3 is 2.65 bits per heavy atom. The Labute approximate surface area is 119 Å². The maximum atomic E-state index is 4.99. The van der Waals surface area contributed by atoms with E-state index in [-0.39, 0.29) is 6.04 Å². The van der Waals surface area contributed by atoms with Crippen molar-refractivity contribution in [2.24, 2.45) is 0 Å². The van der Waals surface area contributed by atoms with Gasteiger partial charge >= 0.3 is 0 Å². The van der Waals surface area contributed by atoms with E-state index in [1.165, 1.54) is 5.56 Å². The minimum atomic E-state index is 0.193. The maximum absolute atomic E-state index is 4.99. The fourth-order valence-electron chi connectivity index (χ4n) is 1.86. The summed E-state index contributed by atoms with van der Waals surface area (Å²) in [5.41, 5.74) is 1.22. The molecule has 1 aromatic carbocycles. The van der Waals surface area contributed by atoms with Gasteiger partial charge in [-0.25, -0.2) is 9.97 Å². The van der Waals surface area contributed by atoms with E-state index in [2.05, 4.69) is 39.7 Å². The van der Waals surface area contributed by atoms with E-state index in [1.54, 1.807) is 13.4 Å². The Morgan fingerprint density at radius 2 is 1.90 bits per heavy atom. The van der Waals surface area contributed by atoms with Gasteiger partial charge in [0.25, 0.3) is 0 Å². The average Bonchev–Trinajstić information content (AvgIpc) is 2.49. The predicted octanol–water partition coefficient (Wildman–Crippen LogP) is 2.71. The Morgan fingerprint density at radius 1 is 1.15 bits per heavy atom. The molecule has 0 fully saturated rings. The largest absolute Gasteiger partial charge is 0.383 e. The number of aromatic nitrogens is 2. The molecule has 0 radical (unpaired) electrons. The standard InChI is InChI=1S/C15H20N4O/c1-12(13-6-4-3-5-7-13)19-15-10-14(17-11-18-15)16-8-9-20-2/h3-7,10-12H,8-9H2,1-2H3,(H2,16,17,18,19). The number of benzene rings is 1. The molecule has 0 aliphatic heterocycles. The number of hydrogen-bond acceptors (Lipinski definition) is 5. The van der Waals surface area contributed by atoms with Gasteiger partial charge < -0.3 is 15.4 Å². The molecular weight excluding hydrogens is 252 g/mol. The third-order valence-electron chi connectivity index (χ3n) is 2.94. The van der Waals surface area contributed by atoms with Crippen LogP contribution in [0, 0.1) is 0 Å². The minimum Gasteiger partial charge on any atom is -0.383 e. The fourth-order valence-corrected chi connectivity index (χ4v) is 1.86. The van der Waals surface area contributed by atoms with Crippen molar-refractivity contribution in [3.05, 3.63) is 48.3 Å². The Bertz CT molecular complexity index is 518. The lowest BCUT2D eigenvalue weighted by Crippen LogP contribution is -2.11. The maximum Gasteiger partial charge on any atom is 0.131 e. The third kappa shape index (κ3) is 4.20. The zero-order chi connectivity index (χ0) is 14.2. The van der Waals surface area contributed by atoms with E-state index in [0.29, 0.717) is 6.61 Å². The van der Waals surface area contributed by atoms with Crippen molar-refractivity contribution in [3.63, 3.8) is 0 Å². The van der Waals surface area contributed by atoms with Crippen molar-refractivity contribution < 1.29 is 4.74 Å². The highest BCUT2D eigenvalue weighted by atomic mass is 16.5. The van der Waals surface area contributed by atoms with E-state index >= 15 is 0 Å². The highest BCUT2D eigenvalue weighted by molar-refractivity contribution is 5.47. The lowest BCUT2D eigenvalue weighted by atomic mass is 10.1. The Balaban J connectivity index is 1.97. The van der Waals surface area contributed by atoms with E-state index in [1.807, 2.05) is 24.3 Å². The molecule has 0 amide bonds. The van der Waals surface area contributed by atoms with Gasteiger partial charge in [-0.2, -0.15) is 0 Å². The highest BCUT2D eigenvalue weighted by Crippen LogP contribution is 2.18. The highest BCUT2D eigenvalue weighted by Gasteiger charge is 2.06. The fraction of sp³-hybridized carbons (Fsp3) is 0.333. The monoisotopic (exact) mass is 272 g/mol. The number of anilines is 2. The first kappa shape index (κ1) is 14.3. The topological polar surface area (TPSA) is 59.1 Å². The molecule has 5 nitrogen and oxygen atoms in total. The summed E-state index contributed by atoms with van der Waals surface area (Å²) in [7, 11) is 1.68. The van der Waals surface area contributed by atoms with Crippen LogP contribution in [0.3, 0.4) is 0 Å². The second-order valence-corrected chi connectivity index (χ2v) is 4.48. The molecule has 2 rings (SSSR count). The SMILES string of the molecule is COCCNc1cc(NC(C)c2ccccc2)ncn1. The molecule has 1 atom stereocenters. The van der Waals surface area contributed by atoms with E-state index in [4.69, 9.17) is 4.74 Å². The minimum absolute atomic E-state index is 0.193. The van der Waals surface area contributed by atoms with Crippen LogP contribution in [-0.4, -0.2) is 30.2 Å². The van der Waals surface area contributed by atoms with Crippen LogP contribution in [0.2, 0.25) is 0 Å². The molecule has 2 N–H and O–H groups in total. The second-order valence-electron chi connectivity index (χ2n) is 4.48. The van der Waals surface area contributed by atoms with Crippen molar-refractivity contribution in [1.29, 1.82) is 0 Å². The van der Waals surface area contributed by atoms with Gasteiger partial charge in [-0.1, -0.05) is 30.3 Å². The normalized spacial score (nSPS) is 11.9. The Kier molecular flexibility index (Phi) is 5.32. The first-order valence-electron chi connectivity index (χ1n) is 6.66. The summed E-state index contributed by atoms with van der Waals surface area (Å²) in [6.07, 6.45) is 1.55. The van der Waals surface area contributed by atoms with Crippen molar-refractivity contribution in [2.45, 2.75) is 13.0 Å². The summed E-state index contributed by atoms with van der Waals surface area (Å²) in [6, 6.07) is 12.4. The molecule has 0 aliphatic rings. The van der Waals surface area contributed by atoms with Crippen LogP contribution in [0.15, 0.2) is 42.7 Å². The summed E-state index contributed by atoms with van der Waals surface area (Å²) in [5.74, 6) is 1.59. The van der Waals surface area contributed by atoms with Crippen LogP contribution in [0.1, 0.15) is 18.5 Å². The van der Waals surface area contributed by atoms with Crippen molar-refractivity contribution >= 4 is 11.6 Å². The predicted molar refractivity (Wildman–Crippen MR) is 80.9 cm³/mol. The number of rotatable bonds is 7. The first-order chi connectivity index (χ1) is 9.79. The third-order valence-corrected chi connectivity index (χ3v) is 2.94. The van der Waals surface area contributed by atoms with Gasteiger partial charge in [0.2, 0.25) is 0 Å². The van der Waals surface area contributed by atoms with Crippen molar-refractivity contribution in [3.8, 4) is 0 Å². The molecule has 0 saturated heterocycles. The van der Waals surface area contributed by atoms with E-state index in [0.717, 1.165) is 18.2 Å². The van der Waals surface area contributed by atoms with Gasteiger partial charge in [-0.05, 0) is 12.5 Å². The van der Waals surface area contributed by atoms with Crippen LogP contribution in [0.5, 0.6) is 0 Å². The summed E-state index contributed by atoms with van der Waals surface area (Å²) < 4.78 is 4.99. The molecule has 1 heterocycles. The van der Waals surface area contributed by atoms with Gasteiger partial charge in [-0.15, -0.1) is 0 Å². The number of nitrogens with one attached hydrogen (secondary N) is 2. The van der Waals surface area contributed by atoms with Crippen LogP contribution < -0.4 is 10.6 Å². The molecule has 2 aromatic rings. The molecule has 0 spiro atoms. The molecule has 0 saturated carbocycles. The number of hydrogen-bond donors (Lipinski definition) is 2. The molecule has 0 aliphatic carbocycles. The van der Waals surface area contributed by atoms with Gasteiger partial charge in [0.05, 0.1) is 6.61 Å². The molecule has 0 bridgehead atoms. The summed E-state index contributed by atoms with van der Waals surface area (Å²) in [5, 5.41) is 6.55. The lowest BCUT2D eigenvalue weighted by Gasteiger charge is -2.15. The number of ether oxygens (including phenoxy) is 1. The second kappa shape index (κ2) is 7.45. The van der Waals surface area contributed by atoms with Gasteiger partial charge in [0, 0.05) is 25.8 Å². The summed E-state index contributed by atoms with van der Waals surface area (Å²) in [4.78, 5) is 8.41. The van der Waals surface area contributed by atoms with E-state index in [9.17, 15) is 0 Å². The van der Waals surface area contributed by atoms with Crippen molar-refractivity contribution in [2.75, 3.05) is 30.9 Å². The summed E-state index contributed by atoms with van der Waals surface area (Å²) >= 11 is 0. The number of nitrogens with zero attached hydrogens (tertiary/aromatic N) is 2. The molecule has 5 heteroatoms. The van der Waals surface area contributed by atoms with Crippen LogP contribution >= 0.6 is 0 Å². The quantitative estimate of drug-likeness (QED) is 0.759. The van der Waals surface area contributed by atoms with Crippen LogP contribution in [0.25, 0.3) is 0 Å². The molecule has 1 unspecified atom stereocenters. The van der Waals surface area contributed by atoms with Crippen LogP contribution in [0.4, 0.5) is 11.6 Å². The molecular formula is C15H20N4O. The van der Waals surface area contributed by atoms with Crippen molar-refractivity contribution in [1.82, 2.24) is 9.97 Å². The Hall–Kier alpha value is -2.14. The first-order valence-corrected chi connectivity index (χ1v) is 6.66. The van der Waals surface area contributed by atoms with Gasteiger partial charge in [0.1, 0.15) is 18.0 Å². The number of methoxy groups -OCH3 is 1. The molecule has 20 heavy (non-hydrogen) atoms. The zero-order valence-corrected chi connectivity index (χ0v) is 11.8. The van der Waals surface area contributed by atoms with Gasteiger partial charge in [-0.3, -0.25) is 0 Å². The molecule has 106 valence electrons.